The van der Waals surface area contributed by atoms with Gasteiger partial charge in [0.1, 0.15) is 15.4 Å². The normalized spacial score (nSPS) is 17.7. The van der Waals surface area contributed by atoms with Crippen LogP contribution in [0.3, 0.4) is 0 Å². The van der Waals surface area contributed by atoms with E-state index in [-0.39, 0.29) is 17.6 Å². The molecule has 0 fully saturated rings. The number of benzene rings is 1. The molecule has 0 spiro atoms. The van der Waals surface area contributed by atoms with E-state index in [2.05, 4.69) is 32.7 Å². The van der Waals surface area contributed by atoms with Gasteiger partial charge in [0.2, 0.25) is 0 Å². The first-order valence-corrected chi connectivity index (χ1v) is 13.9. The standard InChI is InChI=1S/C25H30N6O3S/c1-16-24-30-23-18(7-5-8-20(23)28-16)21-14-19-22(29-21)17(15-27-25(19)32)6-3-4-11-31(24)12-9-26-10-13-35(2,33)34/h3-5,7-8,14,17,26,29H,6,9-13,15H2,1-2H3,(H,27,32). The van der Waals surface area contributed by atoms with Gasteiger partial charge in [-0.15, -0.1) is 0 Å². The van der Waals surface area contributed by atoms with Crippen molar-refractivity contribution in [2.75, 3.05) is 49.6 Å². The van der Waals surface area contributed by atoms with Crippen LogP contribution in [-0.2, 0) is 9.84 Å². The largest absolute Gasteiger partial charge is 0.357 e. The second-order valence-corrected chi connectivity index (χ2v) is 11.5. The quantitative estimate of drug-likeness (QED) is 0.355. The number of allylic oxidation sites excluding steroid dienone is 1. The molecular weight excluding hydrogens is 464 g/mol. The number of hydrogen-bond acceptors (Lipinski definition) is 7. The zero-order valence-corrected chi connectivity index (χ0v) is 20.8. The van der Waals surface area contributed by atoms with Crippen molar-refractivity contribution in [3.8, 4) is 11.3 Å². The molecule has 1 aromatic carbocycles. The van der Waals surface area contributed by atoms with Crippen LogP contribution in [0.15, 0.2) is 36.4 Å². The molecular formula is C25H30N6O3S. The van der Waals surface area contributed by atoms with Gasteiger partial charge in [-0.25, -0.2) is 18.4 Å². The maximum atomic E-state index is 12.5. The zero-order valence-electron chi connectivity index (χ0n) is 20.0. The molecule has 0 aliphatic carbocycles. The van der Waals surface area contributed by atoms with Gasteiger partial charge >= 0.3 is 0 Å². The third-order valence-corrected chi connectivity index (χ3v) is 7.51. The number of anilines is 1. The molecule has 0 radical (unpaired) electrons. The highest BCUT2D eigenvalue weighted by atomic mass is 32.2. The second kappa shape index (κ2) is 9.43. The first-order chi connectivity index (χ1) is 16.8. The van der Waals surface area contributed by atoms with E-state index in [1.54, 1.807) is 0 Å². The van der Waals surface area contributed by atoms with E-state index in [4.69, 9.17) is 9.97 Å². The van der Waals surface area contributed by atoms with Crippen molar-refractivity contribution in [3.05, 3.63) is 53.4 Å². The number of aromatic nitrogens is 3. The first-order valence-electron chi connectivity index (χ1n) is 11.9. The number of aryl methyl sites for hydroxylation is 1. The SMILES string of the molecule is Cc1nc2cccc3c2nc1N(CCNCCS(C)(=O)=O)CC=CCC1CNC(=O)c2cc-3[nH]c21. The van der Waals surface area contributed by atoms with E-state index >= 15 is 0 Å². The molecule has 3 N–H and O–H groups in total. The van der Waals surface area contributed by atoms with E-state index in [9.17, 15) is 13.2 Å². The summed E-state index contributed by atoms with van der Waals surface area (Å²) in [6.07, 6.45) is 6.34. The van der Waals surface area contributed by atoms with Crippen LogP contribution in [0.5, 0.6) is 0 Å². The Labute approximate surface area is 205 Å². The minimum absolute atomic E-state index is 0.0489. The lowest BCUT2D eigenvalue weighted by Crippen LogP contribution is -2.35. The number of para-hydroxylation sites is 1. The van der Waals surface area contributed by atoms with Crippen LogP contribution in [0.4, 0.5) is 5.82 Å². The van der Waals surface area contributed by atoms with Gasteiger partial charge in [0.15, 0.2) is 5.82 Å². The van der Waals surface area contributed by atoms with Gasteiger partial charge in [-0.2, -0.15) is 0 Å². The van der Waals surface area contributed by atoms with Crippen molar-refractivity contribution < 1.29 is 13.2 Å². The third-order valence-electron chi connectivity index (χ3n) is 6.57. The van der Waals surface area contributed by atoms with Crippen LogP contribution in [0.1, 0.15) is 34.1 Å². The molecule has 0 saturated heterocycles. The molecule has 4 heterocycles. The van der Waals surface area contributed by atoms with E-state index in [0.717, 1.165) is 45.9 Å². The fourth-order valence-corrected chi connectivity index (χ4v) is 5.27. The number of hydrogen-bond donors (Lipinski definition) is 3. The smallest absolute Gasteiger partial charge is 0.253 e. The van der Waals surface area contributed by atoms with Gasteiger partial charge in [-0.3, -0.25) is 4.79 Å². The highest BCUT2D eigenvalue weighted by Gasteiger charge is 2.28. The molecule has 9 nitrogen and oxygen atoms in total. The maximum absolute atomic E-state index is 12.5. The van der Waals surface area contributed by atoms with E-state index in [0.29, 0.717) is 38.3 Å². The van der Waals surface area contributed by atoms with Crippen molar-refractivity contribution in [2.24, 2.45) is 0 Å². The van der Waals surface area contributed by atoms with Crippen LogP contribution >= 0.6 is 0 Å². The van der Waals surface area contributed by atoms with Gasteiger partial charge in [0.05, 0.1) is 22.5 Å². The lowest BCUT2D eigenvalue weighted by molar-refractivity contribution is 0.0940. The molecule has 3 aromatic rings. The zero-order chi connectivity index (χ0) is 24.6. The predicted octanol–water partition coefficient (Wildman–Crippen LogP) is 2.16. The lowest BCUT2D eigenvalue weighted by atomic mass is 9.94. The summed E-state index contributed by atoms with van der Waals surface area (Å²) in [4.78, 5) is 28.2. The van der Waals surface area contributed by atoms with E-state index in [1.165, 1.54) is 6.26 Å². The number of amides is 1. The first kappa shape index (κ1) is 23.5. The van der Waals surface area contributed by atoms with Gasteiger partial charge in [0.25, 0.3) is 5.91 Å². The summed E-state index contributed by atoms with van der Waals surface area (Å²) in [6, 6.07) is 7.85. The minimum Gasteiger partial charge on any atom is -0.357 e. The number of nitrogens with one attached hydrogen (secondary N) is 3. The second-order valence-electron chi connectivity index (χ2n) is 9.26. The fraction of sp³-hybridized carbons (Fsp3) is 0.400. The molecule has 0 saturated carbocycles. The summed E-state index contributed by atoms with van der Waals surface area (Å²) in [6.45, 7) is 4.91. The van der Waals surface area contributed by atoms with Crippen LogP contribution in [-0.4, -0.2) is 74.0 Å². The lowest BCUT2D eigenvalue weighted by Gasteiger charge is -2.25. The molecule has 1 unspecified atom stereocenters. The Morgan fingerprint density at radius 2 is 2.03 bits per heavy atom. The molecule has 5 rings (SSSR count). The summed E-state index contributed by atoms with van der Waals surface area (Å²) in [7, 11) is -3.00. The van der Waals surface area contributed by atoms with Gasteiger partial charge in [-0.1, -0.05) is 24.3 Å². The van der Waals surface area contributed by atoms with Crippen molar-refractivity contribution in [1.82, 2.24) is 25.6 Å². The number of sulfone groups is 1. The molecule has 2 aliphatic rings. The summed E-state index contributed by atoms with van der Waals surface area (Å²) >= 11 is 0. The van der Waals surface area contributed by atoms with Gasteiger partial charge < -0.3 is 20.5 Å². The topological polar surface area (TPSA) is 120 Å². The van der Waals surface area contributed by atoms with Crippen LogP contribution in [0.2, 0.25) is 0 Å². The number of aromatic amines is 1. The van der Waals surface area contributed by atoms with Crippen LogP contribution < -0.4 is 15.5 Å². The number of carbonyl (C=O) groups excluding carboxylic acids is 1. The number of carbonyl (C=O) groups is 1. The van der Waals surface area contributed by atoms with Crippen molar-refractivity contribution in [1.29, 1.82) is 0 Å². The predicted molar refractivity (Wildman–Crippen MR) is 138 cm³/mol. The molecule has 184 valence electrons. The molecule has 10 heteroatoms. The average molecular weight is 495 g/mol. The van der Waals surface area contributed by atoms with Gasteiger partial charge in [-0.05, 0) is 25.5 Å². The maximum Gasteiger partial charge on any atom is 0.253 e. The Balaban J connectivity index is 1.54. The molecule has 2 aromatic heterocycles. The van der Waals surface area contributed by atoms with Crippen molar-refractivity contribution in [3.63, 3.8) is 0 Å². The summed E-state index contributed by atoms with van der Waals surface area (Å²) in [5, 5.41) is 6.24. The summed E-state index contributed by atoms with van der Waals surface area (Å²) in [5.41, 5.74) is 5.86. The monoisotopic (exact) mass is 494 g/mol. The van der Waals surface area contributed by atoms with Crippen LogP contribution in [0.25, 0.3) is 22.3 Å². The van der Waals surface area contributed by atoms with Crippen LogP contribution in [0, 0.1) is 6.92 Å². The number of fused-ring (bicyclic) bond motifs is 3. The average Bonchev–Trinajstić information content (AvgIpc) is 3.26. The molecule has 35 heavy (non-hydrogen) atoms. The van der Waals surface area contributed by atoms with Crippen molar-refractivity contribution in [2.45, 2.75) is 19.3 Å². The highest BCUT2D eigenvalue weighted by Crippen LogP contribution is 2.34. The van der Waals surface area contributed by atoms with E-state index in [1.807, 2.05) is 31.2 Å². The highest BCUT2D eigenvalue weighted by molar-refractivity contribution is 7.90. The fourth-order valence-electron chi connectivity index (χ4n) is 4.76. The number of rotatable bonds is 6. The Kier molecular flexibility index (Phi) is 6.33. The Morgan fingerprint density at radius 3 is 2.86 bits per heavy atom. The Bertz CT molecular complexity index is 1410. The molecule has 4 bridgehead atoms. The van der Waals surface area contributed by atoms with Gasteiger partial charge in [0, 0.05) is 61.8 Å². The Morgan fingerprint density at radius 1 is 1.17 bits per heavy atom. The molecule has 2 aliphatic heterocycles. The summed E-state index contributed by atoms with van der Waals surface area (Å²) in [5.74, 6) is 1.04. The minimum atomic E-state index is -3.00. The van der Waals surface area contributed by atoms with E-state index < -0.39 is 9.84 Å². The summed E-state index contributed by atoms with van der Waals surface area (Å²) < 4.78 is 22.8. The molecule has 1 atom stereocenters. The number of nitrogens with zero attached hydrogens (tertiary/aromatic N) is 3. The molecule has 1 amide bonds. The van der Waals surface area contributed by atoms with Crippen molar-refractivity contribution >= 4 is 32.6 Å². The third kappa shape index (κ3) is 4.94. The Hall–Kier alpha value is -3.24. The number of H-pyrrole nitrogens is 1.